The normalized spacial score (nSPS) is 29.7. The van der Waals surface area contributed by atoms with Gasteiger partial charge in [0.2, 0.25) is 5.91 Å². The Balaban J connectivity index is 2.07. The van der Waals surface area contributed by atoms with E-state index in [-0.39, 0.29) is 24.3 Å². The highest BCUT2D eigenvalue weighted by atomic mass is 16.2. The van der Waals surface area contributed by atoms with Crippen LogP contribution >= 0.6 is 0 Å². The van der Waals surface area contributed by atoms with Gasteiger partial charge < -0.3 is 10.6 Å². The van der Waals surface area contributed by atoms with Gasteiger partial charge in [-0.2, -0.15) is 0 Å². The zero-order valence-electron chi connectivity index (χ0n) is 12.2. The quantitative estimate of drug-likeness (QED) is 0.755. The van der Waals surface area contributed by atoms with E-state index in [9.17, 15) is 14.4 Å². The van der Waals surface area contributed by atoms with E-state index in [1.807, 2.05) is 13.8 Å². The summed E-state index contributed by atoms with van der Waals surface area (Å²) in [6.07, 6.45) is 4.45. The van der Waals surface area contributed by atoms with Crippen molar-refractivity contribution in [3.8, 4) is 0 Å². The molecule has 0 radical (unpaired) electrons. The Morgan fingerprint density at radius 2 is 2.20 bits per heavy atom. The monoisotopic (exact) mass is 281 g/mol. The van der Waals surface area contributed by atoms with Crippen molar-refractivity contribution in [2.24, 2.45) is 5.92 Å². The largest absolute Gasteiger partial charge is 0.355 e. The van der Waals surface area contributed by atoms with E-state index >= 15 is 0 Å². The summed E-state index contributed by atoms with van der Waals surface area (Å²) in [5, 5.41) is 5.53. The average Bonchev–Trinajstić information content (AvgIpc) is 2.65. The molecule has 2 rings (SSSR count). The fourth-order valence-corrected chi connectivity index (χ4v) is 3.10. The summed E-state index contributed by atoms with van der Waals surface area (Å²) in [5.74, 6) is -0.395. The summed E-state index contributed by atoms with van der Waals surface area (Å²) < 4.78 is 0. The van der Waals surface area contributed by atoms with E-state index in [1.54, 1.807) is 0 Å². The van der Waals surface area contributed by atoms with Gasteiger partial charge in [-0.05, 0) is 25.2 Å². The van der Waals surface area contributed by atoms with Gasteiger partial charge in [0, 0.05) is 6.54 Å². The van der Waals surface area contributed by atoms with Gasteiger partial charge in [-0.25, -0.2) is 4.79 Å². The Labute approximate surface area is 119 Å². The van der Waals surface area contributed by atoms with Crippen LogP contribution in [-0.2, 0) is 9.59 Å². The standard InChI is InChI=1S/C14H23N3O3/c1-3-8-15-11(18)9-17-12(19)14(16-13(17)20)7-5-4-6-10(14)2/h10H,3-9H2,1-2H3,(H,15,18)(H,16,20). The molecule has 0 aromatic heterocycles. The van der Waals surface area contributed by atoms with Crippen LogP contribution in [0.25, 0.3) is 0 Å². The number of urea groups is 1. The molecule has 2 N–H and O–H groups in total. The lowest BCUT2D eigenvalue weighted by atomic mass is 9.73. The highest BCUT2D eigenvalue weighted by Gasteiger charge is 2.55. The number of nitrogens with one attached hydrogen (secondary N) is 2. The van der Waals surface area contributed by atoms with Gasteiger partial charge in [-0.3, -0.25) is 14.5 Å². The fraction of sp³-hybridized carbons (Fsp3) is 0.786. The number of imide groups is 1. The van der Waals surface area contributed by atoms with Gasteiger partial charge >= 0.3 is 6.03 Å². The molecule has 0 aromatic carbocycles. The first kappa shape index (κ1) is 14.8. The Bertz CT molecular complexity index is 424. The highest BCUT2D eigenvalue weighted by molar-refractivity contribution is 6.09. The van der Waals surface area contributed by atoms with E-state index in [4.69, 9.17) is 0 Å². The van der Waals surface area contributed by atoms with Crippen molar-refractivity contribution in [3.05, 3.63) is 0 Å². The first-order chi connectivity index (χ1) is 9.51. The van der Waals surface area contributed by atoms with Crippen LogP contribution in [0.2, 0.25) is 0 Å². The van der Waals surface area contributed by atoms with E-state index in [2.05, 4.69) is 10.6 Å². The van der Waals surface area contributed by atoms with Crippen LogP contribution in [0, 0.1) is 5.92 Å². The molecule has 2 atom stereocenters. The number of carbonyl (C=O) groups is 3. The summed E-state index contributed by atoms with van der Waals surface area (Å²) in [7, 11) is 0. The van der Waals surface area contributed by atoms with Crippen molar-refractivity contribution in [2.75, 3.05) is 13.1 Å². The smallest absolute Gasteiger partial charge is 0.325 e. The fourth-order valence-electron chi connectivity index (χ4n) is 3.10. The number of hydrogen-bond acceptors (Lipinski definition) is 3. The molecule has 2 aliphatic rings. The third-order valence-electron chi connectivity index (χ3n) is 4.38. The molecule has 1 heterocycles. The van der Waals surface area contributed by atoms with Gasteiger partial charge in [0.1, 0.15) is 12.1 Å². The molecular formula is C14H23N3O3. The molecule has 112 valence electrons. The first-order valence-corrected chi connectivity index (χ1v) is 7.42. The minimum atomic E-state index is -0.777. The van der Waals surface area contributed by atoms with Crippen molar-refractivity contribution in [2.45, 2.75) is 51.5 Å². The minimum absolute atomic E-state index is 0.122. The van der Waals surface area contributed by atoms with Crippen molar-refractivity contribution in [3.63, 3.8) is 0 Å². The van der Waals surface area contributed by atoms with E-state index in [0.717, 1.165) is 30.6 Å². The van der Waals surface area contributed by atoms with Crippen LogP contribution in [0.5, 0.6) is 0 Å². The van der Waals surface area contributed by atoms with Gasteiger partial charge in [-0.15, -0.1) is 0 Å². The first-order valence-electron chi connectivity index (χ1n) is 7.42. The van der Waals surface area contributed by atoms with Crippen LogP contribution in [-0.4, -0.2) is 41.4 Å². The molecule has 1 aliphatic heterocycles. The molecular weight excluding hydrogens is 258 g/mol. The van der Waals surface area contributed by atoms with Crippen molar-refractivity contribution in [1.82, 2.24) is 15.5 Å². The number of carbonyl (C=O) groups excluding carboxylic acids is 3. The molecule has 4 amide bonds. The lowest BCUT2D eigenvalue weighted by Crippen LogP contribution is -2.54. The molecule has 1 spiro atoms. The zero-order chi connectivity index (χ0) is 14.8. The molecule has 0 aromatic rings. The van der Waals surface area contributed by atoms with E-state index in [1.165, 1.54) is 0 Å². The minimum Gasteiger partial charge on any atom is -0.355 e. The Morgan fingerprint density at radius 1 is 1.45 bits per heavy atom. The molecule has 1 saturated carbocycles. The molecule has 0 bridgehead atoms. The van der Waals surface area contributed by atoms with Crippen LogP contribution in [0.4, 0.5) is 4.79 Å². The van der Waals surface area contributed by atoms with Gasteiger partial charge in [0.05, 0.1) is 0 Å². The van der Waals surface area contributed by atoms with Crippen LogP contribution in [0.3, 0.4) is 0 Å². The predicted molar refractivity (Wildman–Crippen MR) is 73.9 cm³/mol. The van der Waals surface area contributed by atoms with Gasteiger partial charge in [0.15, 0.2) is 0 Å². The van der Waals surface area contributed by atoms with Gasteiger partial charge in [0.25, 0.3) is 5.91 Å². The second kappa shape index (κ2) is 5.81. The lowest BCUT2D eigenvalue weighted by Gasteiger charge is -2.36. The molecule has 6 heteroatoms. The SMILES string of the molecule is CCCNC(=O)CN1C(=O)NC2(CCCCC2C)C1=O. The Hall–Kier alpha value is -1.59. The third kappa shape index (κ3) is 2.51. The summed E-state index contributed by atoms with van der Waals surface area (Å²) in [4.78, 5) is 37.4. The summed E-state index contributed by atoms with van der Waals surface area (Å²) >= 11 is 0. The molecule has 2 fully saturated rings. The van der Waals surface area contributed by atoms with E-state index in [0.29, 0.717) is 13.0 Å². The Morgan fingerprint density at radius 3 is 2.85 bits per heavy atom. The topological polar surface area (TPSA) is 78.5 Å². The van der Waals surface area contributed by atoms with Crippen molar-refractivity contribution in [1.29, 1.82) is 0 Å². The van der Waals surface area contributed by atoms with Crippen LogP contribution in [0.15, 0.2) is 0 Å². The molecule has 2 unspecified atom stereocenters. The maximum Gasteiger partial charge on any atom is 0.325 e. The lowest BCUT2D eigenvalue weighted by molar-refractivity contribution is -0.137. The zero-order valence-corrected chi connectivity index (χ0v) is 12.2. The molecule has 6 nitrogen and oxygen atoms in total. The maximum atomic E-state index is 12.6. The third-order valence-corrected chi connectivity index (χ3v) is 4.38. The highest BCUT2D eigenvalue weighted by Crippen LogP contribution is 2.37. The summed E-state index contributed by atoms with van der Waals surface area (Å²) in [6, 6.07) is -0.435. The maximum absolute atomic E-state index is 12.6. The second-order valence-electron chi connectivity index (χ2n) is 5.79. The average molecular weight is 281 g/mol. The number of rotatable bonds is 4. The van der Waals surface area contributed by atoms with E-state index < -0.39 is 11.6 Å². The second-order valence-corrected chi connectivity index (χ2v) is 5.79. The Kier molecular flexibility index (Phi) is 4.30. The molecule has 20 heavy (non-hydrogen) atoms. The van der Waals surface area contributed by atoms with Crippen molar-refractivity contribution >= 4 is 17.8 Å². The van der Waals surface area contributed by atoms with Gasteiger partial charge in [-0.1, -0.05) is 26.7 Å². The number of amides is 4. The number of nitrogens with zero attached hydrogens (tertiary/aromatic N) is 1. The summed E-state index contributed by atoms with van der Waals surface area (Å²) in [6.45, 7) is 4.33. The van der Waals surface area contributed by atoms with Crippen molar-refractivity contribution < 1.29 is 14.4 Å². The van der Waals surface area contributed by atoms with Crippen LogP contribution in [0.1, 0.15) is 46.0 Å². The summed E-state index contributed by atoms with van der Waals surface area (Å²) in [5.41, 5.74) is -0.777. The number of hydrogen-bond donors (Lipinski definition) is 2. The molecule has 1 saturated heterocycles. The molecule has 1 aliphatic carbocycles. The van der Waals surface area contributed by atoms with Crippen LogP contribution < -0.4 is 10.6 Å². The predicted octanol–water partition coefficient (Wildman–Crippen LogP) is 1.01.